The molecule has 0 saturated carbocycles. The zero-order chi connectivity index (χ0) is 14.2. The van der Waals surface area contributed by atoms with Crippen molar-refractivity contribution in [2.45, 2.75) is 32.0 Å². The molecule has 1 unspecified atom stereocenters. The Bertz CT molecular complexity index is 481. The molecule has 0 amide bonds. The Labute approximate surface area is 113 Å². The van der Waals surface area contributed by atoms with Crippen LogP contribution in [0.25, 0.3) is 0 Å². The van der Waals surface area contributed by atoms with E-state index < -0.39 is 11.7 Å². The van der Waals surface area contributed by atoms with Gasteiger partial charge in [-0.3, -0.25) is 0 Å². The molecule has 0 fully saturated rings. The quantitative estimate of drug-likeness (QED) is 0.911. The van der Waals surface area contributed by atoms with Crippen LogP contribution < -0.4 is 18.9 Å². The molecule has 0 aromatic heterocycles. The average molecular weight is 268 g/mol. The summed E-state index contributed by atoms with van der Waals surface area (Å²) in [6.07, 6.45) is -0.167. The summed E-state index contributed by atoms with van der Waals surface area (Å²) in [5.41, 5.74) is 0.177. The first-order chi connectivity index (χ1) is 8.93. The van der Waals surface area contributed by atoms with E-state index in [4.69, 9.17) is 18.9 Å². The lowest BCUT2D eigenvalue weighted by Gasteiger charge is -2.36. The Morgan fingerprint density at radius 1 is 1.16 bits per heavy atom. The smallest absolute Gasteiger partial charge is 0.203 e. The minimum absolute atomic E-state index is 0.434. The number of rotatable bonds is 3. The fourth-order valence-corrected chi connectivity index (χ4v) is 2.46. The summed E-state index contributed by atoms with van der Waals surface area (Å²) < 4.78 is 21.9. The van der Waals surface area contributed by atoms with Crippen molar-refractivity contribution in [2.75, 3.05) is 21.3 Å². The Hall–Kier alpha value is -1.62. The van der Waals surface area contributed by atoms with Gasteiger partial charge < -0.3 is 24.1 Å². The number of benzene rings is 1. The van der Waals surface area contributed by atoms with E-state index in [0.717, 1.165) is 0 Å². The molecule has 0 bridgehead atoms. The molecule has 5 heteroatoms. The normalized spacial score (nSPS) is 20.2. The van der Waals surface area contributed by atoms with E-state index >= 15 is 0 Å². The Balaban J connectivity index is 2.66. The van der Waals surface area contributed by atoms with Gasteiger partial charge in [0, 0.05) is 12.5 Å². The maximum atomic E-state index is 10.3. The zero-order valence-electron chi connectivity index (χ0n) is 11.9. The summed E-state index contributed by atoms with van der Waals surface area (Å²) in [6, 6.07) is 1.72. The molecule has 0 spiro atoms. The maximum Gasteiger partial charge on any atom is 0.203 e. The summed E-state index contributed by atoms with van der Waals surface area (Å²) in [5, 5.41) is 10.3. The standard InChI is InChI=1S/C14H20O5/c1-14(2)7-8(15)11-9(19-14)6-10(16-3)12(17-4)13(11)18-5/h6,8,15H,7H2,1-5H3. The molecule has 1 heterocycles. The minimum atomic E-state index is -0.659. The SMILES string of the molecule is COc1cc2c(c(OC)c1OC)C(O)CC(C)(C)O2. The van der Waals surface area contributed by atoms with E-state index in [1.165, 1.54) is 14.2 Å². The molecule has 2 rings (SSSR count). The van der Waals surface area contributed by atoms with E-state index in [2.05, 4.69) is 0 Å². The Kier molecular flexibility index (Phi) is 3.49. The van der Waals surface area contributed by atoms with Crippen molar-refractivity contribution in [2.24, 2.45) is 0 Å². The lowest BCUT2D eigenvalue weighted by atomic mass is 9.91. The molecular weight excluding hydrogens is 248 g/mol. The van der Waals surface area contributed by atoms with Crippen molar-refractivity contribution in [1.82, 2.24) is 0 Å². The predicted molar refractivity (Wildman–Crippen MR) is 70.4 cm³/mol. The van der Waals surface area contributed by atoms with Crippen molar-refractivity contribution < 1.29 is 24.1 Å². The summed E-state index contributed by atoms with van der Waals surface area (Å²) in [6.45, 7) is 3.87. The molecule has 1 N–H and O–H groups in total. The van der Waals surface area contributed by atoms with Crippen LogP contribution in [0.1, 0.15) is 31.9 Å². The van der Waals surface area contributed by atoms with E-state index in [9.17, 15) is 5.11 Å². The van der Waals surface area contributed by atoms with Crippen molar-refractivity contribution in [1.29, 1.82) is 0 Å². The van der Waals surface area contributed by atoms with Gasteiger partial charge in [0.15, 0.2) is 11.5 Å². The van der Waals surface area contributed by atoms with Crippen LogP contribution in [0.2, 0.25) is 0 Å². The van der Waals surface area contributed by atoms with Crippen molar-refractivity contribution in [3.05, 3.63) is 11.6 Å². The van der Waals surface area contributed by atoms with E-state index in [-0.39, 0.29) is 0 Å². The van der Waals surface area contributed by atoms with Crippen LogP contribution in [0.5, 0.6) is 23.0 Å². The first kappa shape index (κ1) is 13.8. The Morgan fingerprint density at radius 3 is 2.32 bits per heavy atom. The molecule has 1 aliphatic rings. The van der Waals surface area contributed by atoms with E-state index in [0.29, 0.717) is 35.0 Å². The highest BCUT2D eigenvalue weighted by Gasteiger charge is 2.37. The highest BCUT2D eigenvalue weighted by Crippen LogP contribution is 2.52. The van der Waals surface area contributed by atoms with Gasteiger partial charge >= 0.3 is 0 Å². The molecule has 1 aromatic rings. The molecule has 19 heavy (non-hydrogen) atoms. The second-order valence-electron chi connectivity index (χ2n) is 5.14. The third-order valence-corrected chi connectivity index (χ3v) is 3.23. The van der Waals surface area contributed by atoms with Gasteiger partial charge in [-0.15, -0.1) is 0 Å². The van der Waals surface area contributed by atoms with Gasteiger partial charge in [0.1, 0.15) is 11.4 Å². The maximum absolute atomic E-state index is 10.3. The molecule has 5 nitrogen and oxygen atoms in total. The van der Waals surface area contributed by atoms with Gasteiger partial charge in [-0.1, -0.05) is 0 Å². The average Bonchev–Trinajstić information content (AvgIpc) is 2.34. The molecule has 1 atom stereocenters. The summed E-state index contributed by atoms with van der Waals surface area (Å²) in [7, 11) is 4.62. The molecule has 0 radical (unpaired) electrons. The van der Waals surface area contributed by atoms with Crippen molar-refractivity contribution in [3.8, 4) is 23.0 Å². The number of aliphatic hydroxyl groups is 1. The summed E-state index contributed by atoms with van der Waals surface area (Å²) >= 11 is 0. The van der Waals surface area contributed by atoms with Crippen molar-refractivity contribution >= 4 is 0 Å². The summed E-state index contributed by atoms with van der Waals surface area (Å²) in [5.74, 6) is 2.01. The predicted octanol–water partition coefficient (Wildman–Crippen LogP) is 2.31. The molecule has 0 aliphatic carbocycles. The summed E-state index contributed by atoms with van der Waals surface area (Å²) in [4.78, 5) is 0. The van der Waals surface area contributed by atoms with Crippen molar-refractivity contribution in [3.63, 3.8) is 0 Å². The van der Waals surface area contributed by atoms with Crippen LogP contribution in [-0.2, 0) is 0 Å². The highest BCUT2D eigenvalue weighted by atomic mass is 16.5. The largest absolute Gasteiger partial charge is 0.493 e. The van der Waals surface area contributed by atoms with Gasteiger partial charge in [0.2, 0.25) is 5.75 Å². The lowest BCUT2D eigenvalue weighted by molar-refractivity contribution is 0.00945. The Morgan fingerprint density at radius 2 is 1.79 bits per heavy atom. The van der Waals surface area contributed by atoms with Crippen LogP contribution in [0.3, 0.4) is 0 Å². The van der Waals surface area contributed by atoms with Crippen LogP contribution >= 0.6 is 0 Å². The number of hydrogen-bond donors (Lipinski definition) is 1. The fourth-order valence-electron chi connectivity index (χ4n) is 2.46. The third kappa shape index (κ3) is 2.30. The van der Waals surface area contributed by atoms with Crippen LogP contribution in [0.4, 0.5) is 0 Å². The van der Waals surface area contributed by atoms with Gasteiger partial charge in [-0.25, -0.2) is 0 Å². The lowest BCUT2D eigenvalue weighted by Crippen LogP contribution is -2.35. The first-order valence-electron chi connectivity index (χ1n) is 6.13. The van der Waals surface area contributed by atoms with Crippen LogP contribution in [0.15, 0.2) is 6.07 Å². The molecule has 1 aromatic carbocycles. The van der Waals surface area contributed by atoms with Gasteiger partial charge in [-0.05, 0) is 13.8 Å². The van der Waals surface area contributed by atoms with Gasteiger partial charge in [0.05, 0.1) is 33.0 Å². The number of methoxy groups -OCH3 is 3. The monoisotopic (exact) mass is 268 g/mol. The van der Waals surface area contributed by atoms with Gasteiger partial charge in [0.25, 0.3) is 0 Å². The zero-order valence-corrected chi connectivity index (χ0v) is 11.9. The molecule has 1 aliphatic heterocycles. The molecule has 0 saturated heterocycles. The third-order valence-electron chi connectivity index (χ3n) is 3.23. The van der Waals surface area contributed by atoms with Crippen LogP contribution in [-0.4, -0.2) is 32.0 Å². The molecular formula is C14H20O5. The number of ether oxygens (including phenoxy) is 4. The van der Waals surface area contributed by atoms with E-state index in [1.807, 2.05) is 13.8 Å². The molecule has 106 valence electrons. The number of fused-ring (bicyclic) bond motifs is 1. The number of hydrogen-bond acceptors (Lipinski definition) is 5. The number of aliphatic hydroxyl groups excluding tert-OH is 1. The van der Waals surface area contributed by atoms with Gasteiger partial charge in [-0.2, -0.15) is 0 Å². The second-order valence-corrected chi connectivity index (χ2v) is 5.14. The highest BCUT2D eigenvalue weighted by molar-refractivity contribution is 5.63. The second kappa shape index (κ2) is 4.81. The fraction of sp³-hybridized carbons (Fsp3) is 0.571. The topological polar surface area (TPSA) is 57.2 Å². The van der Waals surface area contributed by atoms with Crippen LogP contribution in [0, 0.1) is 0 Å². The minimum Gasteiger partial charge on any atom is -0.493 e. The van der Waals surface area contributed by atoms with E-state index in [1.54, 1.807) is 13.2 Å². The first-order valence-corrected chi connectivity index (χ1v) is 6.13.